The summed E-state index contributed by atoms with van der Waals surface area (Å²) in [7, 11) is 0. The van der Waals surface area contributed by atoms with E-state index in [4.69, 9.17) is 5.11 Å². The van der Waals surface area contributed by atoms with Gasteiger partial charge in [0.2, 0.25) is 5.91 Å². The van der Waals surface area contributed by atoms with E-state index in [0.29, 0.717) is 5.69 Å². The maximum absolute atomic E-state index is 11.4. The molecule has 4 heteroatoms. The summed E-state index contributed by atoms with van der Waals surface area (Å²) in [6, 6.07) is 28.3. The predicted octanol–water partition coefficient (Wildman–Crippen LogP) is 4.01. The number of benzene rings is 3. The Bertz CT molecular complexity index is 835. The van der Waals surface area contributed by atoms with Gasteiger partial charge in [-0.1, -0.05) is 66.7 Å². The highest BCUT2D eigenvalue weighted by Gasteiger charge is 2.12. The molecule has 1 unspecified atom stereocenters. The molecule has 0 aliphatic rings. The fourth-order valence-corrected chi connectivity index (χ4v) is 2.88. The van der Waals surface area contributed by atoms with Crippen LogP contribution in [0.5, 0.6) is 0 Å². The van der Waals surface area contributed by atoms with Gasteiger partial charge in [-0.2, -0.15) is 0 Å². The molecular weight excluding hydrogens is 324 g/mol. The molecule has 0 aromatic heterocycles. The molecule has 3 aromatic carbocycles. The predicted molar refractivity (Wildman–Crippen MR) is 105 cm³/mol. The van der Waals surface area contributed by atoms with Gasteiger partial charge < -0.3 is 15.7 Å². The first-order valence-corrected chi connectivity index (χ1v) is 8.61. The van der Waals surface area contributed by atoms with Gasteiger partial charge in [0.15, 0.2) is 0 Å². The van der Waals surface area contributed by atoms with Crippen LogP contribution in [-0.4, -0.2) is 17.6 Å². The smallest absolute Gasteiger partial charge is 0.250 e. The van der Waals surface area contributed by atoms with Gasteiger partial charge in [0.05, 0.1) is 6.04 Å². The van der Waals surface area contributed by atoms with Crippen molar-refractivity contribution in [3.63, 3.8) is 0 Å². The first-order valence-electron chi connectivity index (χ1n) is 8.61. The van der Waals surface area contributed by atoms with E-state index in [1.807, 2.05) is 54.6 Å². The molecule has 0 spiro atoms. The summed E-state index contributed by atoms with van der Waals surface area (Å²) in [4.78, 5) is 11.4. The molecule has 1 atom stereocenters. The van der Waals surface area contributed by atoms with Gasteiger partial charge in [-0.3, -0.25) is 4.79 Å². The van der Waals surface area contributed by atoms with Crippen LogP contribution in [0.4, 0.5) is 11.4 Å². The summed E-state index contributed by atoms with van der Waals surface area (Å²) in [6.45, 7) is -0.529. The molecule has 0 saturated heterocycles. The Morgan fingerprint density at radius 2 is 1.50 bits per heavy atom. The fraction of sp³-hybridized carbons (Fsp3) is 0.136. The van der Waals surface area contributed by atoms with E-state index < -0.39 is 12.5 Å². The van der Waals surface area contributed by atoms with Crippen LogP contribution in [0.25, 0.3) is 0 Å². The summed E-state index contributed by atoms with van der Waals surface area (Å²) in [5, 5.41) is 15.1. The molecule has 0 aliphatic heterocycles. The second-order valence-corrected chi connectivity index (χ2v) is 6.08. The highest BCUT2D eigenvalue weighted by Crippen LogP contribution is 2.25. The van der Waals surface area contributed by atoms with Crippen LogP contribution in [0.3, 0.4) is 0 Å². The minimum absolute atomic E-state index is 0.0994. The Labute approximate surface area is 153 Å². The van der Waals surface area contributed by atoms with E-state index >= 15 is 0 Å². The molecule has 0 bridgehead atoms. The van der Waals surface area contributed by atoms with E-state index in [1.165, 1.54) is 11.1 Å². The molecule has 0 radical (unpaired) electrons. The molecule has 0 aliphatic carbocycles. The number of amides is 1. The SMILES string of the molecule is O=C(CO)Nc1cccc(NC(Cc2ccccc2)c2ccccc2)c1. The van der Waals surface area contributed by atoms with Crippen molar-refractivity contribution >= 4 is 17.3 Å². The Morgan fingerprint density at radius 1 is 0.846 bits per heavy atom. The van der Waals surface area contributed by atoms with Gasteiger partial charge >= 0.3 is 0 Å². The second-order valence-electron chi connectivity index (χ2n) is 6.08. The van der Waals surface area contributed by atoms with Crippen molar-refractivity contribution < 1.29 is 9.90 Å². The summed E-state index contributed by atoms with van der Waals surface area (Å²) in [5.41, 5.74) is 4.01. The quantitative estimate of drug-likeness (QED) is 0.606. The Morgan fingerprint density at radius 3 is 2.19 bits per heavy atom. The maximum atomic E-state index is 11.4. The lowest BCUT2D eigenvalue weighted by molar-refractivity contribution is -0.118. The number of nitrogens with one attached hydrogen (secondary N) is 2. The minimum Gasteiger partial charge on any atom is -0.387 e. The van der Waals surface area contributed by atoms with Crippen molar-refractivity contribution in [3.05, 3.63) is 96.1 Å². The normalized spacial score (nSPS) is 11.6. The van der Waals surface area contributed by atoms with Crippen molar-refractivity contribution in [2.75, 3.05) is 17.2 Å². The van der Waals surface area contributed by atoms with Crippen LogP contribution < -0.4 is 10.6 Å². The average molecular weight is 346 g/mol. The summed E-state index contributed by atoms with van der Waals surface area (Å²) < 4.78 is 0. The van der Waals surface area contributed by atoms with Crippen molar-refractivity contribution in [2.24, 2.45) is 0 Å². The first-order chi connectivity index (χ1) is 12.7. The third-order valence-electron chi connectivity index (χ3n) is 4.12. The van der Waals surface area contributed by atoms with Gasteiger partial charge in [0.1, 0.15) is 6.61 Å². The number of aliphatic hydroxyl groups excluding tert-OH is 1. The molecule has 1 amide bonds. The second kappa shape index (κ2) is 8.83. The number of hydrogen-bond acceptors (Lipinski definition) is 3. The van der Waals surface area contributed by atoms with Crippen LogP contribution in [-0.2, 0) is 11.2 Å². The maximum Gasteiger partial charge on any atom is 0.250 e. The topological polar surface area (TPSA) is 61.4 Å². The Balaban J connectivity index is 1.81. The highest BCUT2D eigenvalue weighted by atomic mass is 16.3. The molecule has 0 heterocycles. The zero-order valence-corrected chi connectivity index (χ0v) is 14.4. The van der Waals surface area contributed by atoms with Gasteiger partial charge in [0.25, 0.3) is 0 Å². The van der Waals surface area contributed by atoms with E-state index in [9.17, 15) is 4.79 Å². The molecule has 0 saturated carbocycles. The number of carbonyl (C=O) groups is 1. The molecular formula is C22H22N2O2. The van der Waals surface area contributed by atoms with Gasteiger partial charge in [0, 0.05) is 11.4 Å². The number of hydrogen-bond donors (Lipinski definition) is 3. The van der Waals surface area contributed by atoms with Crippen molar-refractivity contribution in [3.8, 4) is 0 Å². The Hall–Kier alpha value is -3.11. The van der Waals surface area contributed by atoms with Gasteiger partial charge in [-0.05, 0) is 35.7 Å². The van der Waals surface area contributed by atoms with E-state index in [-0.39, 0.29) is 6.04 Å². The molecule has 132 valence electrons. The third-order valence-corrected chi connectivity index (χ3v) is 4.12. The van der Waals surface area contributed by atoms with E-state index in [1.54, 1.807) is 6.07 Å². The zero-order chi connectivity index (χ0) is 18.2. The monoisotopic (exact) mass is 346 g/mol. The molecule has 0 fully saturated rings. The van der Waals surface area contributed by atoms with Gasteiger partial charge in [-0.15, -0.1) is 0 Å². The first kappa shape index (κ1) is 17.7. The van der Waals surface area contributed by atoms with E-state index in [0.717, 1.165) is 12.1 Å². The lowest BCUT2D eigenvalue weighted by Gasteiger charge is -2.21. The summed E-state index contributed by atoms with van der Waals surface area (Å²) in [6.07, 6.45) is 0.845. The summed E-state index contributed by atoms with van der Waals surface area (Å²) >= 11 is 0. The van der Waals surface area contributed by atoms with Crippen molar-refractivity contribution in [1.82, 2.24) is 0 Å². The third kappa shape index (κ3) is 4.94. The fourth-order valence-electron chi connectivity index (χ4n) is 2.88. The largest absolute Gasteiger partial charge is 0.387 e. The highest BCUT2D eigenvalue weighted by molar-refractivity contribution is 5.91. The molecule has 3 aromatic rings. The molecule has 3 rings (SSSR count). The molecule has 3 N–H and O–H groups in total. The van der Waals surface area contributed by atoms with Crippen LogP contribution in [0, 0.1) is 0 Å². The standard InChI is InChI=1S/C22H22N2O2/c25-16-22(26)24-20-13-7-12-19(15-20)23-21(18-10-5-2-6-11-18)14-17-8-3-1-4-9-17/h1-13,15,21,23,25H,14,16H2,(H,24,26). The van der Waals surface area contributed by atoms with E-state index in [2.05, 4.69) is 34.9 Å². The van der Waals surface area contributed by atoms with Crippen LogP contribution in [0.15, 0.2) is 84.9 Å². The van der Waals surface area contributed by atoms with Crippen molar-refractivity contribution in [1.29, 1.82) is 0 Å². The molecule has 4 nitrogen and oxygen atoms in total. The molecule has 26 heavy (non-hydrogen) atoms. The van der Waals surface area contributed by atoms with Crippen LogP contribution in [0.1, 0.15) is 17.2 Å². The van der Waals surface area contributed by atoms with Gasteiger partial charge in [-0.25, -0.2) is 0 Å². The lowest BCUT2D eigenvalue weighted by Crippen LogP contribution is -2.16. The zero-order valence-electron chi connectivity index (χ0n) is 14.4. The van der Waals surface area contributed by atoms with Crippen LogP contribution >= 0.6 is 0 Å². The number of carbonyl (C=O) groups excluding carboxylic acids is 1. The van der Waals surface area contributed by atoms with Crippen LogP contribution in [0.2, 0.25) is 0 Å². The number of aliphatic hydroxyl groups is 1. The minimum atomic E-state index is -0.529. The number of rotatable bonds is 7. The van der Waals surface area contributed by atoms with Crippen molar-refractivity contribution in [2.45, 2.75) is 12.5 Å². The average Bonchev–Trinajstić information content (AvgIpc) is 2.69. The lowest BCUT2D eigenvalue weighted by atomic mass is 9.98. The summed E-state index contributed by atoms with van der Waals surface area (Å²) in [5.74, 6) is -0.425. The Kier molecular flexibility index (Phi) is 6.01. The number of anilines is 2.